The van der Waals surface area contributed by atoms with Gasteiger partial charge in [0.15, 0.2) is 11.5 Å². The fraction of sp³-hybridized carbons (Fsp3) is 0.357. The maximum absolute atomic E-state index is 8.79. The van der Waals surface area contributed by atoms with Crippen molar-refractivity contribution >= 4 is 5.57 Å². The highest BCUT2D eigenvalue weighted by Gasteiger charge is 2.17. The molecular weight excluding hydrogens is 214 g/mol. The molecule has 0 bridgehead atoms. The van der Waals surface area contributed by atoms with Gasteiger partial charge in [-0.1, -0.05) is 0 Å². The molecule has 3 heteroatoms. The maximum atomic E-state index is 8.79. The first-order valence-electron chi connectivity index (χ1n) is 5.64. The lowest BCUT2D eigenvalue weighted by Gasteiger charge is -2.20. The fourth-order valence-corrected chi connectivity index (χ4v) is 2.26. The van der Waals surface area contributed by atoms with Crippen LogP contribution in [0.25, 0.3) is 5.57 Å². The van der Waals surface area contributed by atoms with Crippen molar-refractivity contribution < 1.29 is 9.47 Å². The van der Waals surface area contributed by atoms with E-state index in [4.69, 9.17) is 14.7 Å². The summed E-state index contributed by atoms with van der Waals surface area (Å²) < 4.78 is 10.6. The van der Waals surface area contributed by atoms with Crippen molar-refractivity contribution in [1.82, 2.24) is 0 Å². The molecule has 3 nitrogen and oxygen atoms in total. The van der Waals surface area contributed by atoms with Gasteiger partial charge >= 0.3 is 0 Å². The summed E-state index contributed by atoms with van der Waals surface area (Å²) in [4.78, 5) is 0. The lowest BCUT2D eigenvalue weighted by atomic mass is 9.87. The zero-order valence-corrected chi connectivity index (χ0v) is 10.1. The largest absolute Gasteiger partial charge is 0.493 e. The molecule has 0 amide bonds. The van der Waals surface area contributed by atoms with Gasteiger partial charge in [0, 0.05) is 6.08 Å². The molecule has 1 aromatic carbocycles. The average Bonchev–Trinajstić information content (AvgIpc) is 2.38. The number of rotatable bonds is 2. The Labute approximate surface area is 101 Å². The molecule has 0 atom stereocenters. The Hall–Kier alpha value is -1.95. The molecule has 0 N–H and O–H groups in total. The van der Waals surface area contributed by atoms with E-state index in [1.54, 1.807) is 20.3 Å². The summed E-state index contributed by atoms with van der Waals surface area (Å²) in [5.41, 5.74) is 3.44. The van der Waals surface area contributed by atoms with Crippen molar-refractivity contribution in [3.63, 3.8) is 0 Å². The first kappa shape index (κ1) is 11.5. The molecule has 1 aliphatic rings. The summed E-state index contributed by atoms with van der Waals surface area (Å²) >= 11 is 0. The zero-order valence-electron chi connectivity index (χ0n) is 10.1. The van der Waals surface area contributed by atoms with Crippen molar-refractivity contribution in [3.05, 3.63) is 29.3 Å². The summed E-state index contributed by atoms with van der Waals surface area (Å²) in [6.45, 7) is 0. The molecule has 1 aromatic rings. The van der Waals surface area contributed by atoms with Crippen LogP contribution in [0.3, 0.4) is 0 Å². The highest BCUT2D eigenvalue weighted by molar-refractivity contribution is 5.74. The van der Waals surface area contributed by atoms with Crippen LogP contribution in [0.5, 0.6) is 11.5 Å². The van der Waals surface area contributed by atoms with E-state index in [9.17, 15) is 0 Å². The van der Waals surface area contributed by atoms with Crippen LogP contribution in [0.15, 0.2) is 18.2 Å². The fourth-order valence-electron chi connectivity index (χ4n) is 2.26. The number of hydrogen-bond donors (Lipinski definition) is 0. The minimum Gasteiger partial charge on any atom is -0.493 e. The molecule has 88 valence electrons. The maximum Gasteiger partial charge on any atom is 0.161 e. The van der Waals surface area contributed by atoms with E-state index in [1.807, 2.05) is 12.1 Å². The molecule has 0 heterocycles. The van der Waals surface area contributed by atoms with Crippen LogP contribution in [0.1, 0.15) is 24.0 Å². The third kappa shape index (κ3) is 2.12. The van der Waals surface area contributed by atoms with Crippen molar-refractivity contribution in [2.75, 3.05) is 14.2 Å². The number of nitriles is 1. The van der Waals surface area contributed by atoms with Crippen molar-refractivity contribution in [1.29, 1.82) is 5.26 Å². The summed E-state index contributed by atoms with van der Waals surface area (Å²) in [6.07, 6.45) is 4.69. The SMILES string of the molecule is COc1cc2c(cc1OC)/C(=C\C#N)CCC2. The number of allylic oxidation sites excluding steroid dienone is 2. The quantitative estimate of drug-likeness (QED) is 0.732. The van der Waals surface area contributed by atoms with Crippen LogP contribution in [-0.2, 0) is 6.42 Å². The molecule has 1 aliphatic carbocycles. The highest BCUT2D eigenvalue weighted by Crippen LogP contribution is 2.38. The van der Waals surface area contributed by atoms with Gasteiger partial charge in [0.1, 0.15) is 0 Å². The molecule has 0 aliphatic heterocycles. The second-order valence-electron chi connectivity index (χ2n) is 4.02. The van der Waals surface area contributed by atoms with E-state index in [2.05, 4.69) is 6.07 Å². The summed E-state index contributed by atoms with van der Waals surface area (Å²) in [5, 5.41) is 8.79. The van der Waals surface area contributed by atoms with E-state index in [-0.39, 0.29) is 0 Å². The lowest BCUT2D eigenvalue weighted by Crippen LogP contribution is -2.03. The number of methoxy groups -OCH3 is 2. The molecular formula is C14H15NO2. The van der Waals surface area contributed by atoms with Crippen molar-refractivity contribution in [2.45, 2.75) is 19.3 Å². The van der Waals surface area contributed by atoms with Gasteiger partial charge in [0.25, 0.3) is 0 Å². The molecule has 0 fully saturated rings. The Kier molecular flexibility index (Phi) is 3.34. The van der Waals surface area contributed by atoms with Gasteiger partial charge in [-0.05, 0) is 48.1 Å². The van der Waals surface area contributed by atoms with Crippen LogP contribution >= 0.6 is 0 Å². The van der Waals surface area contributed by atoms with Gasteiger partial charge in [0.2, 0.25) is 0 Å². The van der Waals surface area contributed by atoms with E-state index in [0.717, 1.165) is 41.9 Å². The third-order valence-electron chi connectivity index (χ3n) is 3.09. The van der Waals surface area contributed by atoms with Gasteiger partial charge in [-0.3, -0.25) is 0 Å². The summed E-state index contributed by atoms with van der Waals surface area (Å²) in [6, 6.07) is 6.09. The Morgan fingerprint density at radius 1 is 1.18 bits per heavy atom. The van der Waals surface area contributed by atoms with Crippen molar-refractivity contribution in [2.24, 2.45) is 0 Å². The number of nitrogens with zero attached hydrogens (tertiary/aromatic N) is 1. The van der Waals surface area contributed by atoms with Crippen LogP contribution in [0, 0.1) is 11.3 Å². The number of fused-ring (bicyclic) bond motifs is 1. The van der Waals surface area contributed by atoms with Gasteiger partial charge in [-0.15, -0.1) is 0 Å². The van der Waals surface area contributed by atoms with Crippen LogP contribution in [-0.4, -0.2) is 14.2 Å². The minimum atomic E-state index is 0.719. The zero-order chi connectivity index (χ0) is 12.3. The molecule has 0 spiro atoms. The normalized spacial score (nSPS) is 16.2. The van der Waals surface area contributed by atoms with E-state index in [0.29, 0.717) is 0 Å². The van der Waals surface area contributed by atoms with Crippen LogP contribution in [0.4, 0.5) is 0 Å². The Balaban J connectivity index is 2.55. The number of benzene rings is 1. The number of ether oxygens (including phenoxy) is 2. The van der Waals surface area contributed by atoms with Crippen LogP contribution in [0.2, 0.25) is 0 Å². The summed E-state index contributed by atoms with van der Waals surface area (Å²) in [5.74, 6) is 1.47. The Morgan fingerprint density at radius 2 is 1.88 bits per heavy atom. The van der Waals surface area contributed by atoms with Gasteiger partial charge in [-0.25, -0.2) is 0 Å². The molecule has 0 radical (unpaired) electrons. The molecule has 2 rings (SSSR count). The average molecular weight is 229 g/mol. The standard InChI is InChI=1S/C14H15NO2/c1-16-13-8-11-5-3-4-10(6-7-15)12(11)9-14(13)17-2/h6,8-9H,3-5H2,1-2H3/b10-6-. The molecule has 0 unspecified atom stereocenters. The molecule has 0 saturated heterocycles. The Bertz CT molecular complexity index is 498. The second kappa shape index (κ2) is 4.92. The van der Waals surface area contributed by atoms with E-state index < -0.39 is 0 Å². The van der Waals surface area contributed by atoms with Crippen LogP contribution < -0.4 is 9.47 Å². The van der Waals surface area contributed by atoms with Gasteiger partial charge < -0.3 is 9.47 Å². The minimum absolute atomic E-state index is 0.719. The second-order valence-corrected chi connectivity index (χ2v) is 4.02. The summed E-state index contributed by atoms with van der Waals surface area (Å²) in [7, 11) is 3.26. The smallest absolute Gasteiger partial charge is 0.161 e. The van der Waals surface area contributed by atoms with E-state index >= 15 is 0 Å². The monoisotopic (exact) mass is 229 g/mol. The first-order chi connectivity index (χ1) is 8.30. The predicted octanol–water partition coefficient (Wildman–Crippen LogP) is 2.95. The van der Waals surface area contributed by atoms with Gasteiger partial charge in [-0.2, -0.15) is 5.26 Å². The lowest BCUT2D eigenvalue weighted by molar-refractivity contribution is 0.354. The highest BCUT2D eigenvalue weighted by atomic mass is 16.5. The first-order valence-corrected chi connectivity index (χ1v) is 5.64. The topological polar surface area (TPSA) is 42.2 Å². The predicted molar refractivity (Wildman–Crippen MR) is 66.1 cm³/mol. The van der Waals surface area contributed by atoms with Gasteiger partial charge in [0.05, 0.1) is 20.3 Å². The third-order valence-corrected chi connectivity index (χ3v) is 3.09. The molecule has 0 saturated carbocycles. The molecule has 17 heavy (non-hydrogen) atoms. The Morgan fingerprint density at radius 3 is 2.53 bits per heavy atom. The van der Waals surface area contributed by atoms with E-state index in [1.165, 1.54) is 5.56 Å². The number of aryl methyl sites for hydroxylation is 1. The molecule has 0 aromatic heterocycles. The van der Waals surface area contributed by atoms with Crippen molar-refractivity contribution in [3.8, 4) is 17.6 Å². The number of hydrogen-bond acceptors (Lipinski definition) is 3.